The van der Waals surface area contributed by atoms with E-state index in [1.807, 2.05) is 0 Å². The Balaban J connectivity index is 2.81. The van der Waals surface area contributed by atoms with Gasteiger partial charge >= 0.3 is 5.97 Å². The molecular formula is C10H12ClNO3. The van der Waals surface area contributed by atoms with Crippen molar-refractivity contribution in [2.75, 3.05) is 18.5 Å². The Hall–Kier alpha value is -1.26. The largest absolute Gasteiger partial charge is 0.478 e. The van der Waals surface area contributed by atoms with Crippen LogP contribution in [0.15, 0.2) is 18.2 Å². The Kier molecular flexibility index (Phi) is 4.39. The summed E-state index contributed by atoms with van der Waals surface area (Å²) >= 11 is 5.69. The molecule has 3 N–H and O–H groups in total. The number of anilines is 1. The lowest BCUT2D eigenvalue weighted by Gasteiger charge is -2.08. The number of hydrogen-bond donors (Lipinski definition) is 3. The van der Waals surface area contributed by atoms with Crippen LogP contribution in [0.2, 0.25) is 5.02 Å². The van der Waals surface area contributed by atoms with Crippen LogP contribution >= 0.6 is 11.6 Å². The summed E-state index contributed by atoms with van der Waals surface area (Å²) < 4.78 is 0. The molecule has 0 spiro atoms. The van der Waals surface area contributed by atoms with E-state index in [1.54, 1.807) is 12.1 Å². The first-order valence-corrected chi connectivity index (χ1v) is 4.90. The van der Waals surface area contributed by atoms with Crippen LogP contribution in [0, 0.1) is 0 Å². The highest BCUT2D eigenvalue weighted by Crippen LogP contribution is 2.20. The van der Waals surface area contributed by atoms with Crippen molar-refractivity contribution in [1.29, 1.82) is 0 Å². The van der Waals surface area contributed by atoms with Crippen molar-refractivity contribution < 1.29 is 15.0 Å². The topological polar surface area (TPSA) is 69.6 Å². The molecule has 82 valence electrons. The molecule has 15 heavy (non-hydrogen) atoms. The molecule has 0 saturated heterocycles. The van der Waals surface area contributed by atoms with Crippen molar-refractivity contribution in [2.24, 2.45) is 0 Å². The van der Waals surface area contributed by atoms with E-state index in [9.17, 15) is 4.79 Å². The number of benzene rings is 1. The van der Waals surface area contributed by atoms with Crippen molar-refractivity contribution in [3.63, 3.8) is 0 Å². The molecule has 0 heterocycles. The minimum absolute atomic E-state index is 0.0724. The first-order valence-electron chi connectivity index (χ1n) is 4.52. The minimum atomic E-state index is -1.02. The molecule has 0 saturated carbocycles. The summed E-state index contributed by atoms with van der Waals surface area (Å²) in [6, 6.07) is 4.63. The second kappa shape index (κ2) is 5.58. The fourth-order valence-electron chi connectivity index (χ4n) is 1.15. The van der Waals surface area contributed by atoms with E-state index in [4.69, 9.17) is 21.8 Å². The molecular weight excluding hydrogens is 218 g/mol. The molecule has 0 bridgehead atoms. The van der Waals surface area contributed by atoms with Gasteiger partial charge in [-0.15, -0.1) is 0 Å². The van der Waals surface area contributed by atoms with Gasteiger partial charge in [0.25, 0.3) is 0 Å². The Morgan fingerprint density at radius 3 is 2.80 bits per heavy atom. The van der Waals surface area contributed by atoms with Crippen molar-refractivity contribution >= 4 is 23.3 Å². The van der Waals surface area contributed by atoms with Gasteiger partial charge in [-0.25, -0.2) is 4.79 Å². The third-order valence-corrected chi connectivity index (χ3v) is 2.10. The first-order chi connectivity index (χ1) is 7.15. The molecule has 0 aromatic heterocycles. The summed E-state index contributed by atoms with van der Waals surface area (Å²) in [5, 5.41) is 20.8. The normalized spacial score (nSPS) is 10.0. The van der Waals surface area contributed by atoms with Gasteiger partial charge in [0, 0.05) is 23.9 Å². The van der Waals surface area contributed by atoms with E-state index in [1.165, 1.54) is 6.07 Å². The zero-order chi connectivity index (χ0) is 11.3. The Morgan fingerprint density at radius 1 is 1.47 bits per heavy atom. The lowest BCUT2D eigenvalue weighted by molar-refractivity contribution is 0.0698. The number of rotatable bonds is 5. The number of aromatic carboxylic acids is 1. The number of carboxylic acid groups (broad SMARTS) is 1. The number of hydrogen-bond acceptors (Lipinski definition) is 3. The molecule has 0 atom stereocenters. The van der Waals surface area contributed by atoms with Gasteiger partial charge in [-0.3, -0.25) is 0 Å². The van der Waals surface area contributed by atoms with Crippen LogP contribution in [0.25, 0.3) is 0 Å². The van der Waals surface area contributed by atoms with Gasteiger partial charge in [-0.1, -0.05) is 11.6 Å². The van der Waals surface area contributed by atoms with Crippen LogP contribution < -0.4 is 5.32 Å². The van der Waals surface area contributed by atoms with Crippen LogP contribution in [0.4, 0.5) is 5.69 Å². The average Bonchev–Trinajstić information content (AvgIpc) is 2.20. The summed E-state index contributed by atoms with van der Waals surface area (Å²) in [4.78, 5) is 10.9. The van der Waals surface area contributed by atoms with Gasteiger partial charge in [0.05, 0.1) is 5.56 Å². The van der Waals surface area contributed by atoms with E-state index in [2.05, 4.69) is 5.32 Å². The lowest BCUT2D eigenvalue weighted by Crippen LogP contribution is -2.08. The molecule has 0 radical (unpaired) electrons. The number of nitrogens with one attached hydrogen (secondary N) is 1. The molecule has 1 rings (SSSR count). The number of carboxylic acids is 1. The minimum Gasteiger partial charge on any atom is -0.478 e. The standard InChI is InChI=1S/C10H12ClNO3/c11-7-2-3-9(12-4-1-5-13)8(6-7)10(14)15/h2-3,6,12-13H,1,4-5H2,(H,14,15). The highest BCUT2D eigenvalue weighted by molar-refractivity contribution is 6.31. The van der Waals surface area contributed by atoms with Crippen LogP contribution in [0.1, 0.15) is 16.8 Å². The van der Waals surface area contributed by atoms with Crippen LogP contribution in [0.5, 0.6) is 0 Å². The summed E-state index contributed by atoms with van der Waals surface area (Å²) in [6.07, 6.45) is 0.571. The quantitative estimate of drug-likeness (QED) is 0.674. The fourth-order valence-corrected chi connectivity index (χ4v) is 1.32. The molecule has 1 aromatic rings. The number of aliphatic hydroxyl groups excluding tert-OH is 1. The molecule has 0 aliphatic heterocycles. The maximum Gasteiger partial charge on any atom is 0.337 e. The second-order valence-corrected chi connectivity index (χ2v) is 3.44. The molecule has 4 nitrogen and oxygen atoms in total. The van der Waals surface area contributed by atoms with Gasteiger partial charge in [0.15, 0.2) is 0 Å². The first kappa shape index (κ1) is 11.8. The SMILES string of the molecule is O=C(O)c1cc(Cl)ccc1NCCCO. The van der Waals surface area contributed by atoms with E-state index in [0.29, 0.717) is 23.7 Å². The molecule has 5 heteroatoms. The van der Waals surface area contributed by atoms with E-state index in [0.717, 1.165) is 0 Å². The summed E-state index contributed by atoms with van der Waals surface area (Å²) in [6.45, 7) is 0.599. The van der Waals surface area contributed by atoms with Crippen LogP contribution in [-0.4, -0.2) is 29.3 Å². The second-order valence-electron chi connectivity index (χ2n) is 3.00. The zero-order valence-corrected chi connectivity index (χ0v) is 8.79. The highest BCUT2D eigenvalue weighted by atomic mass is 35.5. The maximum absolute atomic E-state index is 10.9. The number of carbonyl (C=O) groups is 1. The monoisotopic (exact) mass is 229 g/mol. The summed E-state index contributed by atoms with van der Waals surface area (Å²) in [5.74, 6) is -1.02. The third-order valence-electron chi connectivity index (χ3n) is 1.86. The van der Waals surface area contributed by atoms with Gasteiger partial charge in [-0.2, -0.15) is 0 Å². The van der Waals surface area contributed by atoms with E-state index in [-0.39, 0.29) is 12.2 Å². The van der Waals surface area contributed by atoms with E-state index >= 15 is 0 Å². The molecule has 0 aliphatic carbocycles. The van der Waals surface area contributed by atoms with Gasteiger partial charge < -0.3 is 15.5 Å². The molecule has 0 fully saturated rings. The Labute approximate surface area is 92.5 Å². The average molecular weight is 230 g/mol. The van der Waals surface area contributed by atoms with Crippen molar-refractivity contribution in [2.45, 2.75) is 6.42 Å². The number of halogens is 1. The third kappa shape index (κ3) is 3.42. The molecule has 0 unspecified atom stereocenters. The maximum atomic E-state index is 10.9. The predicted molar refractivity (Wildman–Crippen MR) is 58.6 cm³/mol. The highest BCUT2D eigenvalue weighted by Gasteiger charge is 2.09. The van der Waals surface area contributed by atoms with Gasteiger partial charge in [-0.05, 0) is 24.6 Å². The molecule has 0 amide bonds. The molecule has 0 aliphatic rings. The predicted octanol–water partition coefficient (Wildman–Crippen LogP) is 1.83. The van der Waals surface area contributed by atoms with Crippen molar-refractivity contribution in [1.82, 2.24) is 0 Å². The van der Waals surface area contributed by atoms with E-state index < -0.39 is 5.97 Å². The lowest BCUT2D eigenvalue weighted by atomic mass is 10.2. The van der Waals surface area contributed by atoms with Gasteiger partial charge in [0.2, 0.25) is 0 Å². The van der Waals surface area contributed by atoms with Crippen LogP contribution in [0.3, 0.4) is 0 Å². The zero-order valence-electron chi connectivity index (χ0n) is 8.03. The van der Waals surface area contributed by atoms with Crippen LogP contribution in [-0.2, 0) is 0 Å². The summed E-state index contributed by atoms with van der Waals surface area (Å²) in [5.41, 5.74) is 0.654. The molecule has 1 aromatic carbocycles. The number of aliphatic hydroxyl groups is 1. The smallest absolute Gasteiger partial charge is 0.337 e. The fraction of sp³-hybridized carbons (Fsp3) is 0.300. The van der Waals surface area contributed by atoms with Crippen molar-refractivity contribution in [3.8, 4) is 0 Å². The summed E-state index contributed by atoms with van der Waals surface area (Å²) in [7, 11) is 0. The Morgan fingerprint density at radius 2 is 2.20 bits per heavy atom. The van der Waals surface area contributed by atoms with Gasteiger partial charge in [0.1, 0.15) is 0 Å². The van der Waals surface area contributed by atoms with Crippen molar-refractivity contribution in [3.05, 3.63) is 28.8 Å². The Bertz CT molecular complexity index is 355.